The molecule has 20 heavy (non-hydrogen) atoms. The molecule has 0 aromatic carbocycles. The molecule has 0 aromatic rings. The molecule has 1 fully saturated rings. The fraction of sp³-hybridized carbons (Fsp3) is 1.00. The van der Waals surface area contributed by atoms with Gasteiger partial charge in [-0.05, 0) is 64.2 Å². The van der Waals surface area contributed by atoms with Gasteiger partial charge < -0.3 is 10.2 Å². The molecule has 1 saturated carbocycles. The van der Waals surface area contributed by atoms with E-state index in [-0.39, 0.29) is 0 Å². The number of rotatable bonds is 10. The summed E-state index contributed by atoms with van der Waals surface area (Å²) in [6, 6.07) is 0.867. The van der Waals surface area contributed by atoms with Crippen molar-refractivity contribution in [3.8, 4) is 0 Å². The van der Waals surface area contributed by atoms with Gasteiger partial charge in [0.1, 0.15) is 0 Å². The molecule has 0 bridgehead atoms. The second-order valence-corrected chi connectivity index (χ2v) is 7.42. The highest BCUT2D eigenvalue weighted by Crippen LogP contribution is 2.26. The molecule has 0 aromatic heterocycles. The second-order valence-electron chi connectivity index (χ2n) is 7.42. The van der Waals surface area contributed by atoms with E-state index < -0.39 is 0 Å². The normalized spacial score (nSPS) is 23.7. The SMILES string of the molecule is CC(C)CNCCCCCCN(C)C1CCCC(C)C1. The zero-order chi connectivity index (χ0) is 14.8. The molecule has 2 unspecified atom stereocenters. The molecule has 1 aliphatic rings. The van der Waals surface area contributed by atoms with E-state index in [0.717, 1.165) is 17.9 Å². The number of nitrogens with zero attached hydrogens (tertiary/aromatic N) is 1. The maximum absolute atomic E-state index is 3.53. The van der Waals surface area contributed by atoms with Gasteiger partial charge in [0, 0.05) is 6.04 Å². The zero-order valence-corrected chi connectivity index (χ0v) is 14.5. The molecule has 0 radical (unpaired) electrons. The quantitative estimate of drug-likeness (QED) is 0.601. The Labute approximate surface area is 127 Å². The van der Waals surface area contributed by atoms with Gasteiger partial charge in [-0.3, -0.25) is 0 Å². The van der Waals surface area contributed by atoms with Gasteiger partial charge in [-0.1, -0.05) is 46.5 Å². The molecule has 0 aliphatic heterocycles. The van der Waals surface area contributed by atoms with Crippen molar-refractivity contribution in [2.75, 3.05) is 26.7 Å². The minimum absolute atomic E-state index is 0.779. The molecular formula is C18H38N2. The Kier molecular flexibility index (Phi) is 9.54. The third-order valence-electron chi connectivity index (χ3n) is 4.70. The van der Waals surface area contributed by atoms with Crippen molar-refractivity contribution in [3.63, 3.8) is 0 Å². The van der Waals surface area contributed by atoms with Crippen LogP contribution in [-0.2, 0) is 0 Å². The predicted molar refractivity (Wildman–Crippen MR) is 90.2 cm³/mol. The molecule has 1 N–H and O–H groups in total. The monoisotopic (exact) mass is 282 g/mol. The standard InChI is InChI=1S/C18H38N2/c1-16(2)15-19-12-7-5-6-8-13-20(4)18-11-9-10-17(3)14-18/h16-19H,5-15H2,1-4H3. The zero-order valence-electron chi connectivity index (χ0n) is 14.5. The van der Waals surface area contributed by atoms with Gasteiger partial charge in [0.15, 0.2) is 0 Å². The van der Waals surface area contributed by atoms with Crippen LogP contribution in [-0.4, -0.2) is 37.6 Å². The van der Waals surface area contributed by atoms with Crippen LogP contribution in [0.15, 0.2) is 0 Å². The molecule has 0 saturated heterocycles. The fourth-order valence-electron chi connectivity index (χ4n) is 3.34. The second kappa shape index (κ2) is 10.6. The minimum atomic E-state index is 0.779. The van der Waals surface area contributed by atoms with Crippen LogP contribution in [0.4, 0.5) is 0 Å². The van der Waals surface area contributed by atoms with Crippen molar-refractivity contribution >= 4 is 0 Å². The van der Waals surface area contributed by atoms with E-state index in [1.165, 1.54) is 71.0 Å². The third kappa shape index (κ3) is 8.26. The van der Waals surface area contributed by atoms with E-state index in [0.29, 0.717) is 0 Å². The van der Waals surface area contributed by atoms with Crippen LogP contribution < -0.4 is 5.32 Å². The summed E-state index contributed by atoms with van der Waals surface area (Å²) in [5, 5.41) is 3.53. The van der Waals surface area contributed by atoms with Gasteiger partial charge in [0.25, 0.3) is 0 Å². The summed E-state index contributed by atoms with van der Waals surface area (Å²) in [7, 11) is 2.34. The van der Waals surface area contributed by atoms with Gasteiger partial charge in [0.2, 0.25) is 0 Å². The van der Waals surface area contributed by atoms with Crippen molar-refractivity contribution in [1.29, 1.82) is 0 Å². The molecular weight excluding hydrogens is 244 g/mol. The molecule has 0 amide bonds. The average molecular weight is 283 g/mol. The van der Waals surface area contributed by atoms with E-state index in [2.05, 4.69) is 38.0 Å². The maximum Gasteiger partial charge on any atom is 0.00947 e. The first-order valence-electron chi connectivity index (χ1n) is 9.00. The molecule has 0 spiro atoms. The summed E-state index contributed by atoms with van der Waals surface area (Å²) in [6.07, 6.45) is 11.3. The lowest BCUT2D eigenvalue weighted by Crippen LogP contribution is -2.36. The predicted octanol–water partition coefficient (Wildman–Crippen LogP) is 4.30. The van der Waals surface area contributed by atoms with E-state index in [1.54, 1.807) is 0 Å². The first-order chi connectivity index (χ1) is 9.59. The molecule has 120 valence electrons. The maximum atomic E-state index is 3.53. The lowest BCUT2D eigenvalue weighted by Gasteiger charge is -2.34. The van der Waals surface area contributed by atoms with Gasteiger partial charge in [-0.25, -0.2) is 0 Å². The van der Waals surface area contributed by atoms with Crippen LogP contribution in [0.1, 0.15) is 72.1 Å². The van der Waals surface area contributed by atoms with E-state index in [4.69, 9.17) is 0 Å². The number of nitrogens with one attached hydrogen (secondary N) is 1. The van der Waals surface area contributed by atoms with E-state index in [1.807, 2.05) is 0 Å². The Balaban J connectivity index is 1.92. The summed E-state index contributed by atoms with van der Waals surface area (Å²) in [6.45, 7) is 10.6. The lowest BCUT2D eigenvalue weighted by atomic mass is 9.86. The van der Waals surface area contributed by atoms with Crippen molar-refractivity contribution in [2.45, 2.75) is 78.2 Å². The number of unbranched alkanes of at least 4 members (excludes halogenated alkanes) is 3. The lowest BCUT2D eigenvalue weighted by molar-refractivity contribution is 0.161. The van der Waals surface area contributed by atoms with Crippen molar-refractivity contribution < 1.29 is 0 Å². The van der Waals surface area contributed by atoms with Crippen LogP contribution in [0.25, 0.3) is 0 Å². The average Bonchev–Trinajstić information content (AvgIpc) is 2.41. The van der Waals surface area contributed by atoms with Crippen LogP contribution in [0.2, 0.25) is 0 Å². The summed E-state index contributed by atoms with van der Waals surface area (Å²) in [5.41, 5.74) is 0. The highest BCUT2D eigenvalue weighted by atomic mass is 15.1. The first-order valence-corrected chi connectivity index (χ1v) is 9.00. The Bertz CT molecular complexity index is 227. The Morgan fingerprint density at radius 3 is 2.55 bits per heavy atom. The molecule has 1 rings (SSSR count). The highest BCUT2D eigenvalue weighted by Gasteiger charge is 2.21. The Hall–Kier alpha value is -0.0800. The summed E-state index contributed by atoms with van der Waals surface area (Å²) in [4.78, 5) is 2.63. The summed E-state index contributed by atoms with van der Waals surface area (Å²) < 4.78 is 0. The molecule has 0 heterocycles. The number of hydrogen-bond donors (Lipinski definition) is 1. The van der Waals surface area contributed by atoms with Crippen molar-refractivity contribution in [2.24, 2.45) is 11.8 Å². The molecule has 1 aliphatic carbocycles. The van der Waals surface area contributed by atoms with Crippen LogP contribution in [0, 0.1) is 11.8 Å². The summed E-state index contributed by atoms with van der Waals surface area (Å²) in [5.74, 6) is 1.73. The smallest absolute Gasteiger partial charge is 0.00947 e. The van der Waals surface area contributed by atoms with Crippen LogP contribution >= 0.6 is 0 Å². The molecule has 2 nitrogen and oxygen atoms in total. The van der Waals surface area contributed by atoms with Gasteiger partial charge in [0.05, 0.1) is 0 Å². The van der Waals surface area contributed by atoms with Gasteiger partial charge in [-0.2, -0.15) is 0 Å². The molecule has 2 heteroatoms. The first kappa shape index (κ1) is 18.0. The van der Waals surface area contributed by atoms with Crippen LogP contribution in [0.5, 0.6) is 0 Å². The number of hydrogen-bond acceptors (Lipinski definition) is 2. The summed E-state index contributed by atoms with van der Waals surface area (Å²) >= 11 is 0. The molecule has 2 atom stereocenters. The minimum Gasteiger partial charge on any atom is -0.316 e. The topological polar surface area (TPSA) is 15.3 Å². The van der Waals surface area contributed by atoms with Crippen LogP contribution in [0.3, 0.4) is 0 Å². The fourth-order valence-corrected chi connectivity index (χ4v) is 3.34. The van der Waals surface area contributed by atoms with Gasteiger partial charge >= 0.3 is 0 Å². The van der Waals surface area contributed by atoms with Gasteiger partial charge in [-0.15, -0.1) is 0 Å². The third-order valence-corrected chi connectivity index (χ3v) is 4.70. The Morgan fingerprint density at radius 1 is 1.10 bits per heavy atom. The Morgan fingerprint density at radius 2 is 1.85 bits per heavy atom. The highest BCUT2D eigenvalue weighted by molar-refractivity contribution is 4.76. The van der Waals surface area contributed by atoms with Crippen molar-refractivity contribution in [1.82, 2.24) is 10.2 Å². The van der Waals surface area contributed by atoms with Crippen molar-refractivity contribution in [3.05, 3.63) is 0 Å². The van der Waals surface area contributed by atoms with E-state index >= 15 is 0 Å². The van der Waals surface area contributed by atoms with E-state index in [9.17, 15) is 0 Å². The largest absolute Gasteiger partial charge is 0.316 e.